The summed E-state index contributed by atoms with van der Waals surface area (Å²) in [6.07, 6.45) is 0.341. The number of anilines is 1. The lowest BCUT2D eigenvalue weighted by molar-refractivity contribution is -0.149. The molecule has 6 nitrogen and oxygen atoms in total. The van der Waals surface area contributed by atoms with E-state index in [1.54, 1.807) is 18.2 Å². The molecule has 7 heteroatoms. The number of hydrogen-bond acceptors (Lipinski definition) is 4. The Morgan fingerprint density at radius 1 is 1.45 bits per heavy atom. The van der Waals surface area contributed by atoms with Crippen LogP contribution in [-0.2, 0) is 9.53 Å². The molecule has 2 atom stereocenters. The molecule has 0 saturated carbocycles. The molecule has 1 saturated heterocycles. The maximum absolute atomic E-state index is 11.0. The van der Waals surface area contributed by atoms with Crippen LogP contribution in [0.25, 0.3) is 0 Å². The number of carboxylic acids is 1. The van der Waals surface area contributed by atoms with Gasteiger partial charge in [0.1, 0.15) is 0 Å². The minimum absolute atomic E-state index is 0.148. The van der Waals surface area contributed by atoms with Crippen molar-refractivity contribution in [1.29, 1.82) is 0 Å². The van der Waals surface area contributed by atoms with Crippen LogP contribution in [0.3, 0.4) is 0 Å². The molecular formula is C13H15ClN2O4. The van der Waals surface area contributed by atoms with E-state index in [4.69, 9.17) is 27.2 Å². The zero-order valence-corrected chi connectivity index (χ0v) is 11.4. The van der Waals surface area contributed by atoms with Gasteiger partial charge in [0.25, 0.3) is 0 Å². The first kappa shape index (κ1) is 14.6. The van der Waals surface area contributed by atoms with Gasteiger partial charge in [0, 0.05) is 12.2 Å². The lowest BCUT2D eigenvalue weighted by Gasteiger charge is -2.13. The Labute approximate surface area is 120 Å². The van der Waals surface area contributed by atoms with Gasteiger partial charge in [0.2, 0.25) is 5.91 Å². The summed E-state index contributed by atoms with van der Waals surface area (Å²) < 4.78 is 5.37. The smallest absolute Gasteiger partial charge is 0.332 e. The highest BCUT2D eigenvalue weighted by Gasteiger charge is 2.30. The summed E-state index contributed by atoms with van der Waals surface area (Å²) in [5.74, 6) is -1.51. The molecule has 0 radical (unpaired) electrons. The van der Waals surface area contributed by atoms with E-state index in [1.807, 2.05) is 0 Å². The van der Waals surface area contributed by atoms with E-state index in [1.165, 1.54) is 0 Å². The van der Waals surface area contributed by atoms with Crippen LogP contribution in [0, 0.1) is 0 Å². The predicted octanol–water partition coefficient (Wildman–Crippen LogP) is 1.48. The van der Waals surface area contributed by atoms with Gasteiger partial charge in [-0.1, -0.05) is 11.6 Å². The highest BCUT2D eigenvalue weighted by Crippen LogP contribution is 2.23. The maximum atomic E-state index is 11.0. The fourth-order valence-corrected chi connectivity index (χ4v) is 2.37. The molecular weight excluding hydrogens is 284 g/mol. The number of halogens is 1. The van der Waals surface area contributed by atoms with Gasteiger partial charge >= 0.3 is 5.97 Å². The molecule has 20 heavy (non-hydrogen) atoms. The van der Waals surface area contributed by atoms with Crippen LogP contribution in [-0.4, -0.2) is 35.7 Å². The van der Waals surface area contributed by atoms with E-state index in [2.05, 4.69) is 5.32 Å². The van der Waals surface area contributed by atoms with E-state index in [-0.39, 0.29) is 16.7 Å². The quantitative estimate of drug-likeness (QED) is 0.764. The van der Waals surface area contributed by atoms with E-state index in [0.717, 1.165) is 5.69 Å². The number of carboxylic acid groups (broad SMARTS) is 1. The summed E-state index contributed by atoms with van der Waals surface area (Å²) in [6.45, 7) is 0.482. The molecule has 1 aliphatic rings. The molecule has 1 amide bonds. The zero-order chi connectivity index (χ0) is 14.7. The first-order valence-electron chi connectivity index (χ1n) is 6.19. The second kappa shape index (κ2) is 6.11. The molecule has 1 aromatic carbocycles. The molecule has 1 fully saturated rings. The number of benzene rings is 1. The van der Waals surface area contributed by atoms with Crippen LogP contribution in [0.1, 0.15) is 23.2 Å². The summed E-state index contributed by atoms with van der Waals surface area (Å²) in [6, 6.07) is 4.84. The number of rotatable bonds is 5. The van der Waals surface area contributed by atoms with Gasteiger partial charge in [-0.3, -0.25) is 4.79 Å². The summed E-state index contributed by atoms with van der Waals surface area (Å²) in [4.78, 5) is 21.8. The number of nitrogens with two attached hydrogens (primary N) is 1. The monoisotopic (exact) mass is 298 g/mol. The maximum Gasteiger partial charge on any atom is 0.332 e. The van der Waals surface area contributed by atoms with Crippen LogP contribution in [0.5, 0.6) is 0 Å². The molecule has 1 aliphatic heterocycles. The van der Waals surface area contributed by atoms with Crippen molar-refractivity contribution in [2.24, 2.45) is 5.73 Å². The van der Waals surface area contributed by atoms with Crippen LogP contribution < -0.4 is 11.1 Å². The number of aliphatic carboxylic acids is 1. The van der Waals surface area contributed by atoms with Gasteiger partial charge in [0.05, 0.1) is 16.7 Å². The third-order valence-corrected chi connectivity index (χ3v) is 3.46. The molecule has 0 aliphatic carbocycles. The SMILES string of the molecule is NC(=O)c1ccc(NCC2CCC(C(=O)O)O2)cc1Cl. The number of carbonyl (C=O) groups is 2. The van der Waals surface area contributed by atoms with Gasteiger partial charge in [-0.15, -0.1) is 0 Å². The summed E-state index contributed by atoms with van der Waals surface area (Å²) in [7, 11) is 0. The van der Waals surface area contributed by atoms with Gasteiger partial charge in [-0.05, 0) is 31.0 Å². The third kappa shape index (κ3) is 3.40. The number of amides is 1. The molecule has 2 unspecified atom stereocenters. The zero-order valence-electron chi connectivity index (χ0n) is 10.6. The molecule has 0 aromatic heterocycles. The van der Waals surface area contributed by atoms with Crippen LogP contribution in [0.2, 0.25) is 5.02 Å². The highest BCUT2D eigenvalue weighted by molar-refractivity contribution is 6.34. The van der Waals surface area contributed by atoms with Gasteiger partial charge in [-0.2, -0.15) is 0 Å². The standard InChI is InChI=1S/C13H15ClN2O4/c14-10-5-7(1-3-9(10)12(15)17)16-6-8-2-4-11(20-8)13(18)19/h1,3,5,8,11,16H,2,4,6H2,(H2,15,17)(H,18,19). The van der Waals surface area contributed by atoms with E-state index >= 15 is 0 Å². The molecule has 1 heterocycles. The predicted molar refractivity (Wildman–Crippen MR) is 74.0 cm³/mol. The number of carbonyl (C=O) groups excluding carboxylic acids is 1. The second-order valence-electron chi connectivity index (χ2n) is 4.60. The molecule has 4 N–H and O–H groups in total. The first-order valence-corrected chi connectivity index (χ1v) is 6.56. The van der Waals surface area contributed by atoms with Crippen molar-refractivity contribution in [3.63, 3.8) is 0 Å². The average Bonchev–Trinajstić information content (AvgIpc) is 2.85. The molecule has 108 valence electrons. The number of ether oxygens (including phenoxy) is 1. The minimum Gasteiger partial charge on any atom is -0.479 e. The number of hydrogen-bond donors (Lipinski definition) is 3. The topological polar surface area (TPSA) is 102 Å². The van der Waals surface area contributed by atoms with Crippen LogP contribution in [0.15, 0.2) is 18.2 Å². The lowest BCUT2D eigenvalue weighted by Crippen LogP contribution is -2.24. The first-order chi connectivity index (χ1) is 9.47. The van der Waals surface area contributed by atoms with E-state index < -0.39 is 18.0 Å². The van der Waals surface area contributed by atoms with Crippen molar-refractivity contribution in [3.05, 3.63) is 28.8 Å². The number of primary amides is 1. The Bertz CT molecular complexity index is 535. The normalized spacial score (nSPS) is 21.6. The highest BCUT2D eigenvalue weighted by atomic mass is 35.5. The Morgan fingerprint density at radius 2 is 2.20 bits per heavy atom. The van der Waals surface area contributed by atoms with Crippen molar-refractivity contribution in [3.8, 4) is 0 Å². The van der Waals surface area contributed by atoms with Crippen molar-refractivity contribution >= 4 is 29.2 Å². The molecule has 0 bridgehead atoms. The van der Waals surface area contributed by atoms with Crippen molar-refractivity contribution < 1.29 is 19.4 Å². The lowest BCUT2D eigenvalue weighted by atomic mass is 10.1. The molecule has 0 spiro atoms. The van der Waals surface area contributed by atoms with Crippen molar-refractivity contribution in [2.75, 3.05) is 11.9 Å². The Hall–Kier alpha value is -1.79. The Morgan fingerprint density at radius 3 is 2.75 bits per heavy atom. The summed E-state index contributed by atoms with van der Waals surface area (Å²) >= 11 is 5.93. The van der Waals surface area contributed by atoms with Gasteiger partial charge < -0.3 is 20.9 Å². The summed E-state index contributed by atoms with van der Waals surface area (Å²) in [5, 5.41) is 12.2. The van der Waals surface area contributed by atoms with Crippen molar-refractivity contribution in [1.82, 2.24) is 0 Å². The van der Waals surface area contributed by atoms with E-state index in [0.29, 0.717) is 19.4 Å². The van der Waals surface area contributed by atoms with Crippen LogP contribution >= 0.6 is 11.6 Å². The fraction of sp³-hybridized carbons (Fsp3) is 0.385. The minimum atomic E-state index is -0.929. The Kier molecular flexibility index (Phi) is 4.46. The Balaban J connectivity index is 1.90. The molecule has 1 aromatic rings. The summed E-state index contributed by atoms with van der Waals surface area (Å²) in [5.41, 5.74) is 6.15. The number of nitrogens with one attached hydrogen (secondary N) is 1. The average molecular weight is 299 g/mol. The van der Waals surface area contributed by atoms with Crippen molar-refractivity contribution in [2.45, 2.75) is 25.0 Å². The van der Waals surface area contributed by atoms with Gasteiger partial charge in [-0.25, -0.2) is 4.79 Å². The van der Waals surface area contributed by atoms with Crippen LogP contribution in [0.4, 0.5) is 5.69 Å². The second-order valence-corrected chi connectivity index (χ2v) is 5.01. The third-order valence-electron chi connectivity index (χ3n) is 3.15. The van der Waals surface area contributed by atoms with Gasteiger partial charge in [0.15, 0.2) is 6.10 Å². The largest absolute Gasteiger partial charge is 0.479 e. The molecule has 2 rings (SSSR count). The fourth-order valence-electron chi connectivity index (χ4n) is 2.09. The van der Waals surface area contributed by atoms with E-state index in [9.17, 15) is 9.59 Å².